The molecule has 2 rings (SSSR count). The van der Waals surface area contributed by atoms with Gasteiger partial charge in [0.1, 0.15) is 16.4 Å². The lowest BCUT2D eigenvalue weighted by molar-refractivity contribution is -0.118. The smallest absolute Gasteiger partial charge is 0.244 e. The van der Waals surface area contributed by atoms with E-state index in [-0.39, 0.29) is 29.0 Å². The highest BCUT2D eigenvalue weighted by Gasteiger charge is 2.20. The Balaban J connectivity index is 2.10. The third-order valence-electron chi connectivity index (χ3n) is 3.87. The molecule has 0 atom stereocenters. The van der Waals surface area contributed by atoms with Gasteiger partial charge in [0.2, 0.25) is 15.9 Å². The van der Waals surface area contributed by atoms with E-state index in [1.54, 1.807) is 36.4 Å². The number of rotatable bonds is 8. The summed E-state index contributed by atoms with van der Waals surface area (Å²) in [5.74, 6) is 0.458. The van der Waals surface area contributed by atoms with Gasteiger partial charge >= 0.3 is 0 Å². The molecule has 0 heterocycles. The van der Waals surface area contributed by atoms with Gasteiger partial charge in [0.15, 0.2) is 0 Å². The van der Waals surface area contributed by atoms with Gasteiger partial charge < -0.3 is 14.8 Å². The number of hydrogen-bond donors (Lipinski definition) is 2. The lowest BCUT2D eigenvalue weighted by Crippen LogP contribution is -2.24. The number of amides is 1. The maximum absolute atomic E-state index is 12.6. The molecule has 0 unspecified atom stereocenters. The number of anilines is 1. The monoisotopic (exact) mass is 392 g/mol. The fraction of sp³-hybridized carbons (Fsp3) is 0.316. The Hall–Kier alpha value is -2.58. The molecule has 2 aromatic carbocycles. The van der Waals surface area contributed by atoms with Crippen molar-refractivity contribution in [2.75, 3.05) is 19.5 Å². The van der Waals surface area contributed by atoms with Crippen LogP contribution in [-0.4, -0.2) is 28.5 Å². The highest BCUT2D eigenvalue weighted by molar-refractivity contribution is 7.89. The van der Waals surface area contributed by atoms with Crippen molar-refractivity contribution in [1.29, 1.82) is 0 Å². The third-order valence-corrected chi connectivity index (χ3v) is 5.29. The summed E-state index contributed by atoms with van der Waals surface area (Å²) in [5.41, 5.74) is 1.41. The molecule has 7 nitrogen and oxygen atoms in total. The van der Waals surface area contributed by atoms with Gasteiger partial charge in [-0.3, -0.25) is 4.79 Å². The average Bonchev–Trinajstić information content (AvgIpc) is 2.66. The van der Waals surface area contributed by atoms with Crippen LogP contribution in [0.5, 0.6) is 11.5 Å². The molecule has 0 aromatic heterocycles. The van der Waals surface area contributed by atoms with Gasteiger partial charge in [-0.15, -0.1) is 0 Å². The summed E-state index contributed by atoms with van der Waals surface area (Å²) in [6.45, 7) is 3.72. The predicted molar refractivity (Wildman–Crippen MR) is 103 cm³/mol. The fourth-order valence-electron chi connectivity index (χ4n) is 2.24. The van der Waals surface area contributed by atoms with E-state index in [4.69, 9.17) is 9.47 Å². The van der Waals surface area contributed by atoms with Crippen molar-refractivity contribution >= 4 is 21.6 Å². The molecular weight excluding hydrogens is 368 g/mol. The molecule has 0 fully saturated rings. The zero-order valence-electron chi connectivity index (χ0n) is 15.8. The second-order valence-corrected chi connectivity index (χ2v) is 7.92. The van der Waals surface area contributed by atoms with Gasteiger partial charge in [0.25, 0.3) is 0 Å². The predicted octanol–water partition coefficient (Wildman–Crippen LogP) is 2.78. The van der Waals surface area contributed by atoms with E-state index in [1.165, 1.54) is 20.3 Å². The first kappa shape index (κ1) is 20.7. The first-order valence-corrected chi connectivity index (χ1v) is 9.86. The highest BCUT2D eigenvalue weighted by Crippen LogP contribution is 2.28. The molecule has 0 spiro atoms. The molecule has 27 heavy (non-hydrogen) atoms. The number of ether oxygens (including phenoxy) is 2. The number of hydrogen-bond acceptors (Lipinski definition) is 5. The van der Waals surface area contributed by atoms with Crippen molar-refractivity contribution < 1.29 is 22.7 Å². The zero-order valence-corrected chi connectivity index (χ0v) is 16.6. The summed E-state index contributed by atoms with van der Waals surface area (Å²) in [6.07, 6.45) is 0. The van der Waals surface area contributed by atoms with E-state index in [0.29, 0.717) is 11.4 Å². The quantitative estimate of drug-likeness (QED) is 0.720. The molecule has 0 saturated carbocycles. The van der Waals surface area contributed by atoms with Gasteiger partial charge in [0.05, 0.1) is 14.2 Å². The second kappa shape index (κ2) is 8.88. The summed E-state index contributed by atoms with van der Waals surface area (Å²) in [4.78, 5) is 11.7. The van der Waals surface area contributed by atoms with Crippen LogP contribution in [0.15, 0.2) is 47.4 Å². The van der Waals surface area contributed by atoms with Crippen molar-refractivity contribution in [2.45, 2.75) is 25.3 Å². The van der Waals surface area contributed by atoms with Crippen LogP contribution >= 0.6 is 0 Å². The van der Waals surface area contributed by atoms with Crippen molar-refractivity contribution in [3.63, 3.8) is 0 Å². The number of carbonyl (C=O) groups excluding carboxylic acids is 1. The molecule has 0 radical (unpaired) electrons. The number of carbonyl (C=O) groups is 1. The molecule has 1 amide bonds. The SMILES string of the molecule is COc1ccc(OC)c(S(=O)(=O)NCc2ccc(NC(=O)C(C)C)cc2)c1. The molecule has 0 aliphatic carbocycles. The largest absolute Gasteiger partial charge is 0.497 e. The minimum Gasteiger partial charge on any atom is -0.497 e. The van der Waals surface area contributed by atoms with Crippen LogP contribution in [0.4, 0.5) is 5.69 Å². The van der Waals surface area contributed by atoms with E-state index >= 15 is 0 Å². The van der Waals surface area contributed by atoms with Crippen LogP contribution in [0.1, 0.15) is 19.4 Å². The highest BCUT2D eigenvalue weighted by atomic mass is 32.2. The zero-order chi connectivity index (χ0) is 20.0. The number of nitrogens with one attached hydrogen (secondary N) is 2. The Morgan fingerprint density at radius 2 is 1.70 bits per heavy atom. The third kappa shape index (κ3) is 5.45. The van der Waals surface area contributed by atoms with Crippen LogP contribution in [0, 0.1) is 5.92 Å². The Morgan fingerprint density at radius 1 is 1.04 bits per heavy atom. The van der Waals surface area contributed by atoms with Crippen molar-refractivity contribution in [3.8, 4) is 11.5 Å². The van der Waals surface area contributed by atoms with Crippen LogP contribution in [0.3, 0.4) is 0 Å². The van der Waals surface area contributed by atoms with Crippen LogP contribution < -0.4 is 19.5 Å². The first-order valence-electron chi connectivity index (χ1n) is 8.38. The molecule has 0 aliphatic rings. The Morgan fingerprint density at radius 3 is 2.26 bits per heavy atom. The summed E-state index contributed by atoms with van der Waals surface area (Å²) < 4.78 is 38.1. The molecule has 146 valence electrons. The number of sulfonamides is 1. The normalized spacial score (nSPS) is 11.3. The lowest BCUT2D eigenvalue weighted by atomic mass is 10.2. The molecule has 2 N–H and O–H groups in total. The Bertz CT molecular complexity index is 893. The maximum Gasteiger partial charge on any atom is 0.244 e. The van der Waals surface area contributed by atoms with Gasteiger partial charge in [0, 0.05) is 24.2 Å². The maximum atomic E-state index is 12.6. The minimum absolute atomic E-state index is 0.00478. The van der Waals surface area contributed by atoms with Crippen molar-refractivity contribution in [1.82, 2.24) is 4.72 Å². The van der Waals surface area contributed by atoms with Gasteiger partial charge in [-0.05, 0) is 29.8 Å². The summed E-state index contributed by atoms with van der Waals surface area (Å²) >= 11 is 0. The molecular formula is C19H24N2O5S. The summed E-state index contributed by atoms with van der Waals surface area (Å²) in [7, 11) is -0.928. The number of benzene rings is 2. The van der Waals surface area contributed by atoms with Gasteiger partial charge in [-0.1, -0.05) is 26.0 Å². The lowest BCUT2D eigenvalue weighted by Gasteiger charge is -2.12. The molecule has 8 heteroatoms. The summed E-state index contributed by atoms with van der Waals surface area (Å²) in [5, 5.41) is 2.79. The van der Waals surface area contributed by atoms with E-state index in [2.05, 4.69) is 10.0 Å². The number of methoxy groups -OCH3 is 2. The molecule has 0 saturated heterocycles. The average molecular weight is 392 g/mol. The standard InChI is InChI=1S/C19H24N2O5S/c1-13(2)19(22)21-15-7-5-14(6-8-15)12-20-27(23,24)18-11-16(25-3)9-10-17(18)26-4/h5-11,13,20H,12H2,1-4H3,(H,21,22). The van der Waals surface area contributed by atoms with Crippen LogP contribution in [0.2, 0.25) is 0 Å². The van der Waals surface area contributed by atoms with Gasteiger partial charge in [-0.25, -0.2) is 13.1 Å². The van der Waals surface area contributed by atoms with Gasteiger partial charge in [-0.2, -0.15) is 0 Å². The first-order chi connectivity index (χ1) is 12.8. The van der Waals surface area contributed by atoms with E-state index in [0.717, 1.165) is 5.56 Å². The van der Waals surface area contributed by atoms with E-state index in [1.807, 2.05) is 13.8 Å². The molecule has 2 aromatic rings. The van der Waals surface area contributed by atoms with E-state index in [9.17, 15) is 13.2 Å². The Labute approximate surface area is 159 Å². The molecule has 0 bridgehead atoms. The molecule has 0 aliphatic heterocycles. The van der Waals surface area contributed by atoms with Crippen molar-refractivity contribution in [3.05, 3.63) is 48.0 Å². The van der Waals surface area contributed by atoms with Crippen LogP contribution in [0.25, 0.3) is 0 Å². The summed E-state index contributed by atoms with van der Waals surface area (Å²) in [6, 6.07) is 11.5. The van der Waals surface area contributed by atoms with Crippen LogP contribution in [-0.2, 0) is 21.4 Å². The fourth-order valence-corrected chi connectivity index (χ4v) is 3.44. The minimum atomic E-state index is -3.80. The van der Waals surface area contributed by atoms with E-state index < -0.39 is 10.0 Å². The second-order valence-electron chi connectivity index (χ2n) is 6.18. The van der Waals surface area contributed by atoms with Crippen molar-refractivity contribution in [2.24, 2.45) is 5.92 Å². The topological polar surface area (TPSA) is 93.7 Å². The Kier molecular flexibility index (Phi) is 6.81.